The van der Waals surface area contributed by atoms with Crippen LogP contribution in [0, 0.1) is 5.82 Å². The predicted octanol–water partition coefficient (Wildman–Crippen LogP) is 5.13. The smallest absolute Gasteiger partial charge is 0.300 e. The quantitative estimate of drug-likeness (QED) is 0.289. The molecule has 1 fully saturated rings. The van der Waals surface area contributed by atoms with Gasteiger partial charge in [0.25, 0.3) is 11.7 Å². The lowest BCUT2D eigenvalue weighted by Gasteiger charge is -2.26. The van der Waals surface area contributed by atoms with E-state index in [0.717, 1.165) is 4.90 Å². The van der Waals surface area contributed by atoms with Crippen LogP contribution in [0.5, 0.6) is 17.2 Å². The molecule has 1 amide bonds. The molecule has 0 radical (unpaired) electrons. The summed E-state index contributed by atoms with van der Waals surface area (Å²) in [4.78, 5) is 27.7. The van der Waals surface area contributed by atoms with Gasteiger partial charge in [-0.2, -0.15) is 0 Å². The normalized spacial score (nSPS) is 16.9. The number of carbonyl (C=O) groups excluding carboxylic acids is 2. The Morgan fingerprint density at radius 1 is 0.914 bits per heavy atom. The number of ether oxygens (including phenoxy) is 3. The summed E-state index contributed by atoms with van der Waals surface area (Å²) in [6.45, 7) is 0. The first-order valence-electron chi connectivity index (χ1n) is 10.4. The van der Waals surface area contributed by atoms with Gasteiger partial charge in [-0.3, -0.25) is 14.5 Å². The number of methoxy groups -OCH3 is 3. The summed E-state index contributed by atoms with van der Waals surface area (Å²) in [6, 6.07) is 13.7. The van der Waals surface area contributed by atoms with Crippen LogP contribution in [0.3, 0.4) is 0 Å². The van der Waals surface area contributed by atoms with Gasteiger partial charge in [-0.1, -0.05) is 35.9 Å². The van der Waals surface area contributed by atoms with Crippen molar-refractivity contribution < 1.29 is 33.3 Å². The topological polar surface area (TPSA) is 85.3 Å². The Morgan fingerprint density at radius 3 is 2.11 bits per heavy atom. The Labute approximate surface area is 205 Å². The highest BCUT2D eigenvalue weighted by Crippen LogP contribution is 2.46. The molecule has 7 nitrogen and oxygen atoms in total. The van der Waals surface area contributed by atoms with E-state index in [1.807, 2.05) is 0 Å². The Bertz CT molecular complexity index is 1330. The third-order valence-electron chi connectivity index (χ3n) is 5.72. The average molecular weight is 498 g/mol. The van der Waals surface area contributed by atoms with E-state index in [9.17, 15) is 14.7 Å². The lowest BCUT2D eigenvalue weighted by Crippen LogP contribution is -2.29. The van der Waals surface area contributed by atoms with E-state index in [1.165, 1.54) is 57.7 Å². The molecule has 1 atom stereocenters. The number of nitrogens with zero attached hydrogens (tertiary/aromatic N) is 1. The number of benzene rings is 3. The zero-order chi connectivity index (χ0) is 25.3. The molecule has 0 spiro atoms. The summed E-state index contributed by atoms with van der Waals surface area (Å²) in [5.74, 6) is -2.44. The van der Waals surface area contributed by atoms with Crippen molar-refractivity contribution in [1.82, 2.24) is 0 Å². The largest absolute Gasteiger partial charge is 0.506 e. The fourth-order valence-electron chi connectivity index (χ4n) is 4.11. The number of aliphatic hydroxyl groups excluding tert-OH is 1. The first-order chi connectivity index (χ1) is 16.8. The van der Waals surface area contributed by atoms with Crippen molar-refractivity contribution in [2.75, 3.05) is 26.2 Å². The monoisotopic (exact) mass is 497 g/mol. The maximum atomic E-state index is 15.1. The molecule has 1 heterocycles. The second-order valence-corrected chi connectivity index (χ2v) is 7.95. The Morgan fingerprint density at radius 2 is 1.54 bits per heavy atom. The number of hydrogen-bond acceptors (Lipinski definition) is 6. The fraction of sp³-hybridized carbons (Fsp3) is 0.154. The van der Waals surface area contributed by atoms with Crippen molar-refractivity contribution in [2.45, 2.75) is 6.04 Å². The van der Waals surface area contributed by atoms with Crippen LogP contribution in [0.4, 0.5) is 10.1 Å². The van der Waals surface area contributed by atoms with Crippen LogP contribution in [0.25, 0.3) is 5.76 Å². The second-order valence-electron chi connectivity index (χ2n) is 7.55. The fourth-order valence-corrected chi connectivity index (χ4v) is 4.37. The first-order valence-corrected chi connectivity index (χ1v) is 10.8. The van der Waals surface area contributed by atoms with E-state index in [1.54, 1.807) is 24.3 Å². The lowest BCUT2D eigenvalue weighted by atomic mass is 9.94. The number of Topliss-reactive ketones (excluding diaryl/α,β-unsaturated/α-hetero) is 1. The number of amides is 1. The van der Waals surface area contributed by atoms with Crippen molar-refractivity contribution in [3.05, 3.63) is 88.2 Å². The first kappa shape index (κ1) is 24.1. The third-order valence-corrected chi connectivity index (χ3v) is 6.02. The number of hydrogen-bond donors (Lipinski definition) is 1. The van der Waals surface area contributed by atoms with E-state index in [-0.39, 0.29) is 38.9 Å². The molecule has 1 saturated heterocycles. The molecule has 1 unspecified atom stereocenters. The van der Waals surface area contributed by atoms with Gasteiger partial charge in [-0.25, -0.2) is 4.39 Å². The van der Waals surface area contributed by atoms with E-state index >= 15 is 4.39 Å². The van der Waals surface area contributed by atoms with Gasteiger partial charge >= 0.3 is 0 Å². The van der Waals surface area contributed by atoms with Gasteiger partial charge in [0.05, 0.1) is 38.0 Å². The van der Waals surface area contributed by atoms with Crippen LogP contribution in [0.1, 0.15) is 17.2 Å². The Balaban J connectivity index is 2.03. The lowest BCUT2D eigenvalue weighted by molar-refractivity contribution is -0.132. The summed E-state index contributed by atoms with van der Waals surface area (Å²) in [5, 5.41) is 11.6. The van der Waals surface area contributed by atoms with E-state index in [0.29, 0.717) is 5.75 Å². The van der Waals surface area contributed by atoms with Crippen LogP contribution >= 0.6 is 11.6 Å². The van der Waals surface area contributed by atoms with Crippen LogP contribution in [-0.2, 0) is 9.59 Å². The summed E-state index contributed by atoms with van der Waals surface area (Å²) >= 11 is 6.27. The predicted molar refractivity (Wildman–Crippen MR) is 129 cm³/mol. The van der Waals surface area contributed by atoms with Crippen LogP contribution in [-0.4, -0.2) is 38.1 Å². The van der Waals surface area contributed by atoms with Gasteiger partial charge in [-0.15, -0.1) is 0 Å². The van der Waals surface area contributed by atoms with Crippen molar-refractivity contribution in [3.8, 4) is 17.2 Å². The van der Waals surface area contributed by atoms with Crippen molar-refractivity contribution in [1.29, 1.82) is 0 Å². The van der Waals surface area contributed by atoms with Crippen LogP contribution in [0.2, 0.25) is 5.02 Å². The number of halogens is 2. The molecular formula is C26H21ClFNO6. The van der Waals surface area contributed by atoms with E-state index in [2.05, 4.69) is 0 Å². The zero-order valence-corrected chi connectivity index (χ0v) is 19.8. The highest BCUT2D eigenvalue weighted by atomic mass is 35.5. The molecule has 0 bridgehead atoms. The highest BCUT2D eigenvalue weighted by Gasteiger charge is 2.48. The standard InChI is InChI=1S/C26H21ClFNO6/c1-33-18-12-11-14(13-16(18)27)29-23(15-7-4-5-8-17(15)28)22(25(31)26(29)32)24(30)21-19(34-2)9-6-10-20(21)35-3/h4-13,23,30H,1-3H3/b24-22+. The molecule has 0 saturated carbocycles. The second kappa shape index (κ2) is 9.68. The van der Waals surface area contributed by atoms with Crippen molar-refractivity contribution in [3.63, 3.8) is 0 Å². The number of anilines is 1. The molecule has 180 valence electrons. The highest BCUT2D eigenvalue weighted by molar-refractivity contribution is 6.52. The molecule has 0 aliphatic carbocycles. The summed E-state index contributed by atoms with van der Waals surface area (Å²) < 4.78 is 31.0. The van der Waals surface area contributed by atoms with Gasteiger partial charge in [0.15, 0.2) is 0 Å². The van der Waals surface area contributed by atoms with Gasteiger partial charge < -0.3 is 19.3 Å². The van der Waals surface area contributed by atoms with Gasteiger partial charge in [0.2, 0.25) is 0 Å². The molecular weight excluding hydrogens is 477 g/mol. The van der Waals surface area contributed by atoms with Gasteiger partial charge in [0.1, 0.15) is 34.4 Å². The molecule has 1 N–H and O–H groups in total. The zero-order valence-electron chi connectivity index (χ0n) is 19.0. The number of carbonyl (C=O) groups is 2. The number of ketones is 1. The van der Waals surface area contributed by atoms with Crippen LogP contribution in [0.15, 0.2) is 66.2 Å². The Kier molecular flexibility index (Phi) is 6.66. The number of rotatable bonds is 6. The molecule has 0 aromatic heterocycles. The molecule has 3 aromatic rings. The van der Waals surface area contributed by atoms with Gasteiger partial charge in [-0.05, 0) is 36.4 Å². The molecule has 1 aliphatic heterocycles. The van der Waals surface area contributed by atoms with E-state index < -0.39 is 29.3 Å². The molecule has 4 rings (SSSR count). The SMILES string of the molecule is COc1ccc(N2C(=O)C(=O)/C(=C(/O)c3c(OC)cccc3OC)C2c2ccccc2F)cc1Cl. The number of aliphatic hydroxyl groups is 1. The minimum Gasteiger partial charge on any atom is -0.506 e. The molecule has 3 aromatic carbocycles. The average Bonchev–Trinajstić information content (AvgIpc) is 3.13. The van der Waals surface area contributed by atoms with Crippen molar-refractivity contribution in [2.24, 2.45) is 0 Å². The summed E-state index contributed by atoms with van der Waals surface area (Å²) in [5.41, 5.74) is -0.0364. The molecule has 9 heteroatoms. The van der Waals surface area contributed by atoms with Crippen LogP contribution < -0.4 is 19.1 Å². The maximum Gasteiger partial charge on any atom is 0.300 e. The third kappa shape index (κ3) is 4.06. The van der Waals surface area contributed by atoms with Gasteiger partial charge in [0, 0.05) is 11.3 Å². The Hall–Kier alpha value is -4.04. The minimum atomic E-state index is -1.30. The van der Waals surface area contributed by atoms with Crippen molar-refractivity contribution >= 4 is 34.7 Å². The summed E-state index contributed by atoms with van der Waals surface area (Å²) in [7, 11) is 4.21. The molecule has 35 heavy (non-hydrogen) atoms. The molecule has 1 aliphatic rings. The minimum absolute atomic E-state index is 0.00838. The van der Waals surface area contributed by atoms with E-state index in [4.69, 9.17) is 25.8 Å². The summed E-state index contributed by atoms with van der Waals surface area (Å²) in [6.07, 6.45) is 0. The maximum absolute atomic E-state index is 15.1.